The number of carbonyl (C=O) groups excluding carboxylic acids is 1. The Morgan fingerprint density at radius 1 is 1.12 bits per heavy atom. The van der Waals surface area contributed by atoms with Crippen molar-refractivity contribution in [3.05, 3.63) is 0 Å². The fourth-order valence-corrected chi connectivity index (χ4v) is 1.19. The van der Waals surface area contributed by atoms with E-state index in [9.17, 15) is 9.59 Å². The van der Waals surface area contributed by atoms with E-state index >= 15 is 0 Å². The van der Waals surface area contributed by atoms with Gasteiger partial charge in [-0.05, 0) is 12.8 Å². The van der Waals surface area contributed by atoms with Gasteiger partial charge in [-0.15, -0.1) is 0 Å². The first kappa shape index (κ1) is 14.9. The third-order valence-corrected chi connectivity index (χ3v) is 2.04. The van der Waals surface area contributed by atoms with Crippen LogP contribution in [0.4, 0.5) is 0 Å². The Kier molecular flexibility index (Phi) is 8.52. The van der Waals surface area contributed by atoms with Crippen molar-refractivity contribution in [1.29, 1.82) is 0 Å². The molecule has 0 rings (SSSR count). The maximum absolute atomic E-state index is 11.3. The molecule has 0 heterocycles. The van der Waals surface area contributed by atoms with Crippen molar-refractivity contribution in [2.75, 3.05) is 13.1 Å². The maximum Gasteiger partial charge on any atom is 0.303 e. The predicted octanol–water partition coefficient (Wildman–Crippen LogP) is 0.746. The first-order valence-corrected chi connectivity index (χ1v) is 5.74. The molecular formula is C11H22N2O3. The Balaban J connectivity index is 3.27. The number of rotatable bonds is 9. The van der Waals surface area contributed by atoms with Gasteiger partial charge in [0.05, 0.1) is 0 Å². The molecule has 0 aromatic heterocycles. The quantitative estimate of drug-likeness (QED) is 0.511. The molecule has 16 heavy (non-hydrogen) atoms. The number of hydrogen-bond acceptors (Lipinski definition) is 3. The van der Waals surface area contributed by atoms with Gasteiger partial charge in [-0.2, -0.15) is 0 Å². The smallest absolute Gasteiger partial charge is 0.303 e. The van der Waals surface area contributed by atoms with Crippen molar-refractivity contribution in [2.45, 2.75) is 45.6 Å². The van der Waals surface area contributed by atoms with E-state index in [0.717, 1.165) is 6.42 Å². The van der Waals surface area contributed by atoms with Crippen LogP contribution in [0.5, 0.6) is 0 Å². The van der Waals surface area contributed by atoms with Gasteiger partial charge >= 0.3 is 5.97 Å². The molecule has 0 unspecified atom stereocenters. The molecule has 3 N–H and O–H groups in total. The van der Waals surface area contributed by atoms with E-state index in [-0.39, 0.29) is 12.3 Å². The Hall–Kier alpha value is -1.10. The van der Waals surface area contributed by atoms with Crippen LogP contribution in [0.15, 0.2) is 0 Å². The fraction of sp³-hybridized carbons (Fsp3) is 0.818. The summed E-state index contributed by atoms with van der Waals surface area (Å²) in [4.78, 5) is 21.5. The van der Waals surface area contributed by atoms with Gasteiger partial charge < -0.3 is 15.7 Å². The molecule has 94 valence electrons. The van der Waals surface area contributed by atoms with Gasteiger partial charge in [0.1, 0.15) is 0 Å². The molecule has 0 fully saturated rings. The number of carboxylic acid groups (broad SMARTS) is 1. The van der Waals surface area contributed by atoms with Crippen molar-refractivity contribution >= 4 is 11.9 Å². The third-order valence-electron chi connectivity index (χ3n) is 2.04. The zero-order valence-electron chi connectivity index (χ0n) is 10.1. The van der Waals surface area contributed by atoms with Crippen molar-refractivity contribution < 1.29 is 14.7 Å². The van der Waals surface area contributed by atoms with Crippen molar-refractivity contribution in [2.24, 2.45) is 0 Å². The summed E-state index contributed by atoms with van der Waals surface area (Å²) in [7, 11) is 0. The Bertz CT molecular complexity index is 217. The lowest BCUT2D eigenvalue weighted by atomic mass is 10.2. The average Bonchev–Trinajstić information content (AvgIpc) is 2.16. The van der Waals surface area contributed by atoms with Crippen LogP contribution in [0, 0.1) is 0 Å². The SMILES string of the molecule is CC(C)NCCC(=O)NCCCCC(=O)O. The Labute approximate surface area is 96.6 Å². The normalized spacial score (nSPS) is 10.4. The monoisotopic (exact) mass is 230 g/mol. The highest BCUT2D eigenvalue weighted by Crippen LogP contribution is 1.93. The molecule has 0 bridgehead atoms. The zero-order chi connectivity index (χ0) is 12.4. The van der Waals surface area contributed by atoms with Gasteiger partial charge in [0.15, 0.2) is 0 Å². The highest BCUT2D eigenvalue weighted by Gasteiger charge is 2.01. The maximum atomic E-state index is 11.3. The minimum atomic E-state index is -0.785. The predicted molar refractivity (Wildman–Crippen MR) is 62.3 cm³/mol. The van der Waals surface area contributed by atoms with E-state index in [4.69, 9.17) is 5.11 Å². The van der Waals surface area contributed by atoms with E-state index in [1.54, 1.807) is 0 Å². The summed E-state index contributed by atoms with van der Waals surface area (Å²) in [6.45, 7) is 5.31. The molecule has 1 amide bonds. The first-order valence-electron chi connectivity index (χ1n) is 5.74. The van der Waals surface area contributed by atoms with E-state index in [1.807, 2.05) is 13.8 Å². The molecule has 0 aromatic carbocycles. The van der Waals surface area contributed by atoms with Crippen LogP contribution >= 0.6 is 0 Å². The number of aliphatic carboxylic acids is 1. The summed E-state index contributed by atoms with van der Waals surface area (Å²) >= 11 is 0. The molecule has 0 aliphatic carbocycles. The third kappa shape index (κ3) is 11.0. The fourth-order valence-electron chi connectivity index (χ4n) is 1.19. The van der Waals surface area contributed by atoms with Gasteiger partial charge in [0.25, 0.3) is 0 Å². The Morgan fingerprint density at radius 2 is 1.81 bits per heavy atom. The van der Waals surface area contributed by atoms with Crippen molar-refractivity contribution in [3.63, 3.8) is 0 Å². The molecule has 0 spiro atoms. The Morgan fingerprint density at radius 3 is 2.38 bits per heavy atom. The lowest BCUT2D eigenvalue weighted by Crippen LogP contribution is -2.31. The molecule has 0 aliphatic heterocycles. The average molecular weight is 230 g/mol. The number of nitrogens with one attached hydrogen (secondary N) is 2. The molecule has 0 aromatic rings. The van der Waals surface area contributed by atoms with Crippen LogP contribution in [-0.4, -0.2) is 36.1 Å². The molecule has 0 aliphatic rings. The largest absolute Gasteiger partial charge is 0.481 e. The summed E-state index contributed by atoms with van der Waals surface area (Å²) in [5, 5.41) is 14.3. The van der Waals surface area contributed by atoms with Crippen LogP contribution < -0.4 is 10.6 Å². The van der Waals surface area contributed by atoms with Gasteiger partial charge in [0.2, 0.25) is 5.91 Å². The second-order valence-corrected chi connectivity index (χ2v) is 4.06. The van der Waals surface area contributed by atoms with Crippen LogP contribution in [-0.2, 0) is 9.59 Å². The second kappa shape index (κ2) is 9.15. The molecule has 0 atom stereocenters. The summed E-state index contributed by atoms with van der Waals surface area (Å²) in [6, 6.07) is 0.392. The standard InChI is InChI=1S/C11H22N2O3/c1-9(2)12-8-6-10(14)13-7-4-3-5-11(15)16/h9,12H,3-8H2,1-2H3,(H,13,14)(H,15,16). The van der Waals surface area contributed by atoms with E-state index in [1.165, 1.54) is 0 Å². The highest BCUT2D eigenvalue weighted by atomic mass is 16.4. The molecular weight excluding hydrogens is 208 g/mol. The zero-order valence-corrected chi connectivity index (χ0v) is 10.1. The van der Waals surface area contributed by atoms with Crippen LogP contribution in [0.25, 0.3) is 0 Å². The van der Waals surface area contributed by atoms with Gasteiger partial charge in [-0.3, -0.25) is 9.59 Å². The molecule has 5 heteroatoms. The van der Waals surface area contributed by atoms with E-state index in [0.29, 0.717) is 32.0 Å². The summed E-state index contributed by atoms with van der Waals surface area (Å²) in [5.41, 5.74) is 0. The minimum absolute atomic E-state index is 0.0171. The molecule has 5 nitrogen and oxygen atoms in total. The van der Waals surface area contributed by atoms with Crippen molar-refractivity contribution in [1.82, 2.24) is 10.6 Å². The summed E-state index contributed by atoms with van der Waals surface area (Å²) in [5.74, 6) is -0.768. The minimum Gasteiger partial charge on any atom is -0.481 e. The van der Waals surface area contributed by atoms with Gasteiger partial charge in [-0.25, -0.2) is 0 Å². The number of carboxylic acids is 1. The second-order valence-electron chi connectivity index (χ2n) is 4.06. The lowest BCUT2D eigenvalue weighted by Gasteiger charge is -2.08. The summed E-state index contributed by atoms with van der Waals surface area (Å²) < 4.78 is 0. The van der Waals surface area contributed by atoms with Gasteiger partial charge in [0, 0.05) is 32.0 Å². The van der Waals surface area contributed by atoms with Crippen molar-refractivity contribution in [3.8, 4) is 0 Å². The number of hydrogen-bond donors (Lipinski definition) is 3. The van der Waals surface area contributed by atoms with Crippen LogP contribution in [0.1, 0.15) is 39.5 Å². The summed E-state index contributed by atoms with van der Waals surface area (Å²) in [6.07, 6.45) is 1.97. The first-order chi connectivity index (χ1) is 7.52. The van der Waals surface area contributed by atoms with E-state index < -0.39 is 5.97 Å². The lowest BCUT2D eigenvalue weighted by molar-refractivity contribution is -0.137. The van der Waals surface area contributed by atoms with Crippen LogP contribution in [0.2, 0.25) is 0 Å². The van der Waals surface area contributed by atoms with Crippen LogP contribution in [0.3, 0.4) is 0 Å². The number of amides is 1. The van der Waals surface area contributed by atoms with E-state index in [2.05, 4.69) is 10.6 Å². The van der Waals surface area contributed by atoms with Gasteiger partial charge in [-0.1, -0.05) is 13.8 Å². The number of carbonyl (C=O) groups is 2. The molecule has 0 saturated heterocycles. The molecule has 0 saturated carbocycles. The molecule has 0 radical (unpaired) electrons. The topological polar surface area (TPSA) is 78.4 Å². The highest BCUT2D eigenvalue weighted by molar-refractivity contribution is 5.76. The number of unbranched alkanes of at least 4 members (excludes halogenated alkanes) is 1.